The molecule has 0 aliphatic carbocycles. The molecule has 8 heteroatoms. The minimum absolute atomic E-state index is 0.0562. The first-order valence-corrected chi connectivity index (χ1v) is 9.26. The summed E-state index contributed by atoms with van der Waals surface area (Å²) in [5.74, 6) is 5.76. The van der Waals surface area contributed by atoms with E-state index in [1.807, 2.05) is 30.3 Å². The molecule has 2 aromatic carbocycles. The minimum Gasteiger partial charge on any atom is -0.340 e. The molecule has 1 atom stereocenters. The summed E-state index contributed by atoms with van der Waals surface area (Å²) in [6.07, 6.45) is 0. The molecule has 1 aromatic heterocycles. The van der Waals surface area contributed by atoms with Crippen molar-refractivity contribution in [3.05, 3.63) is 66.0 Å². The van der Waals surface area contributed by atoms with Gasteiger partial charge in [0.05, 0.1) is 10.8 Å². The number of nitrogens with zero attached hydrogens (tertiary/aromatic N) is 4. The molecule has 0 bridgehead atoms. The Morgan fingerprint density at radius 3 is 2.56 bits per heavy atom. The molecule has 1 unspecified atom stereocenters. The minimum atomic E-state index is -0.431. The molecule has 27 heavy (non-hydrogen) atoms. The van der Waals surface area contributed by atoms with Crippen molar-refractivity contribution in [1.29, 1.82) is 0 Å². The zero-order valence-corrected chi connectivity index (χ0v) is 15.9. The number of rotatable bonds is 6. The fourth-order valence-corrected chi connectivity index (χ4v) is 3.52. The molecular formula is C19H20FN5OS. The lowest BCUT2D eigenvalue weighted by Gasteiger charge is -2.21. The Hall–Kier alpha value is -2.87. The number of aromatic nitrogens is 3. The van der Waals surface area contributed by atoms with Gasteiger partial charge in [0.15, 0.2) is 5.82 Å². The van der Waals surface area contributed by atoms with Crippen LogP contribution in [0, 0.1) is 5.82 Å². The molecule has 3 aromatic rings. The lowest BCUT2D eigenvalue weighted by molar-refractivity contribution is -0.129. The van der Waals surface area contributed by atoms with E-state index >= 15 is 0 Å². The first-order chi connectivity index (χ1) is 13.0. The third kappa shape index (κ3) is 4.28. The van der Waals surface area contributed by atoms with E-state index in [1.165, 1.54) is 22.5 Å². The molecule has 0 radical (unpaired) electrons. The largest absolute Gasteiger partial charge is 0.340 e. The fourth-order valence-electron chi connectivity index (χ4n) is 2.64. The van der Waals surface area contributed by atoms with Crippen LogP contribution in [-0.4, -0.2) is 38.0 Å². The van der Waals surface area contributed by atoms with E-state index < -0.39 is 11.1 Å². The quantitative estimate of drug-likeness (QED) is 0.521. The van der Waals surface area contributed by atoms with Crippen LogP contribution in [0.5, 0.6) is 0 Å². The van der Waals surface area contributed by atoms with Crippen molar-refractivity contribution < 1.29 is 9.18 Å². The first kappa shape index (κ1) is 18.9. The van der Waals surface area contributed by atoms with Crippen molar-refractivity contribution in [2.24, 2.45) is 0 Å². The lowest BCUT2D eigenvalue weighted by atomic mass is 10.2. The average Bonchev–Trinajstić information content (AvgIpc) is 3.02. The smallest absolute Gasteiger partial charge is 0.235 e. The van der Waals surface area contributed by atoms with Gasteiger partial charge in [-0.2, -0.15) is 0 Å². The highest BCUT2D eigenvalue weighted by Crippen LogP contribution is 2.26. The van der Waals surface area contributed by atoms with Gasteiger partial charge in [-0.3, -0.25) is 4.79 Å². The number of hydrogen-bond donors (Lipinski definition) is 1. The Morgan fingerprint density at radius 2 is 1.85 bits per heavy atom. The van der Waals surface area contributed by atoms with Crippen molar-refractivity contribution in [3.63, 3.8) is 0 Å². The number of benzene rings is 2. The van der Waals surface area contributed by atoms with E-state index in [9.17, 15) is 9.18 Å². The number of carbonyl (C=O) groups excluding carboxylic acids is 1. The van der Waals surface area contributed by atoms with Crippen LogP contribution in [0.4, 0.5) is 4.39 Å². The molecular weight excluding hydrogens is 365 g/mol. The van der Waals surface area contributed by atoms with Crippen molar-refractivity contribution in [1.82, 2.24) is 19.8 Å². The molecule has 0 saturated heterocycles. The zero-order valence-electron chi connectivity index (χ0n) is 15.0. The van der Waals surface area contributed by atoms with Crippen LogP contribution in [0.15, 0.2) is 59.8 Å². The van der Waals surface area contributed by atoms with Crippen LogP contribution >= 0.6 is 11.8 Å². The van der Waals surface area contributed by atoms with Crippen LogP contribution in [-0.2, 0) is 11.3 Å². The second kappa shape index (κ2) is 8.22. The highest BCUT2D eigenvalue weighted by Gasteiger charge is 2.23. The number of nitrogen functional groups attached to an aromatic ring is 1. The Morgan fingerprint density at radius 1 is 1.19 bits per heavy atom. The number of thioether (sulfide) groups is 1. The maximum absolute atomic E-state index is 14.0. The van der Waals surface area contributed by atoms with Gasteiger partial charge in [-0.1, -0.05) is 54.2 Å². The van der Waals surface area contributed by atoms with E-state index in [0.29, 0.717) is 11.7 Å². The summed E-state index contributed by atoms with van der Waals surface area (Å²) in [4.78, 5) is 14.3. The number of nitrogens with two attached hydrogens (primary N) is 1. The Bertz CT molecular complexity index is 931. The molecule has 6 nitrogen and oxygen atoms in total. The summed E-state index contributed by atoms with van der Waals surface area (Å²) in [5.41, 5.74) is 1.31. The monoisotopic (exact) mass is 385 g/mol. The van der Waals surface area contributed by atoms with Crippen molar-refractivity contribution in [2.45, 2.75) is 23.9 Å². The van der Waals surface area contributed by atoms with E-state index in [2.05, 4.69) is 10.2 Å². The molecule has 0 fully saturated rings. The maximum Gasteiger partial charge on any atom is 0.235 e. The first-order valence-electron chi connectivity index (χ1n) is 8.38. The molecule has 2 N–H and O–H groups in total. The average molecular weight is 385 g/mol. The molecule has 1 amide bonds. The molecule has 3 rings (SSSR count). The molecule has 0 aliphatic heterocycles. The second-order valence-corrected chi connectivity index (χ2v) is 7.40. The van der Waals surface area contributed by atoms with E-state index in [1.54, 1.807) is 37.1 Å². The topological polar surface area (TPSA) is 77.0 Å². The molecule has 0 aliphatic rings. The zero-order chi connectivity index (χ0) is 19.4. The van der Waals surface area contributed by atoms with Gasteiger partial charge in [-0.25, -0.2) is 9.07 Å². The molecule has 1 heterocycles. The van der Waals surface area contributed by atoms with Crippen molar-refractivity contribution >= 4 is 17.7 Å². The SMILES string of the molecule is CC(Sc1nnc(-c2ccccc2F)n1N)C(=O)N(C)Cc1ccccc1. The summed E-state index contributed by atoms with van der Waals surface area (Å²) >= 11 is 1.19. The summed E-state index contributed by atoms with van der Waals surface area (Å²) in [6, 6.07) is 16.0. The van der Waals surface area contributed by atoms with Crippen molar-refractivity contribution in [2.75, 3.05) is 12.9 Å². The van der Waals surface area contributed by atoms with Crippen LogP contribution in [0.3, 0.4) is 0 Å². The Balaban J connectivity index is 1.70. The second-order valence-electron chi connectivity index (χ2n) is 6.10. The van der Waals surface area contributed by atoms with E-state index in [0.717, 1.165) is 5.56 Å². The van der Waals surface area contributed by atoms with Gasteiger partial charge in [0, 0.05) is 13.6 Å². The van der Waals surface area contributed by atoms with E-state index in [4.69, 9.17) is 5.84 Å². The number of halogens is 1. The van der Waals surface area contributed by atoms with Crippen molar-refractivity contribution in [3.8, 4) is 11.4 Å². The van der Waals surface area contributed by atoms with Crippen LogP contribution < -0.4 is 5.84 Å². The summed E-state index contributed by atoms with van der Waals surface area (Å²) in [7, 11) is 1.75. The van der Waals surface area contributed by atoms with Crippen LogP contribution in [0.1, 0.15) is 12.5 Å². The van der Waals surface area contributed by atoms with Gasteiger partial charge in [-0.05, 0) is 24.6 Å². The maximum atomic E-state index is 14.0. The molecule has 0 spiro atoms. The van der Waals surface area contributed by atoms with Crippen LogP contribution in [0.25, 0.3) is 11.4 Å². The normalized spacial score (nSPS) is 12.0. The van der Waals surface area contributed by atoms with Gasteiger partial charge in [-0.15, -0.1) is 10.2 Å². The highest BCUT2D eigenvalue weighted by atomic mass is 32.2. The Kier molecular flexibility index (Phi) is 5.75. The number of amides is 1. The molecule has 140 valence electrons. The third-order valence-electron chi connectivity index (χ3n) is 4.05. The van der Waals surface area contributed by atoms with Gasteiger partial charge < -0.3 is 10.7 Å². The fraction of sp³-hybridized carbons (Fsp3) is 0.211. The summed E-state index contributed by atoms with van der Waals surface area (Å²) < 4.78 is 15.2. The lowest BCUT2D eigenvalue weighted by Crippen LogP contribution is -2.33. The van der Waals surface area contributed by atoms with Gasteiger partial charge in [0.1, 0.15) is 5.82 Å². The van der Waals surface area contributed by atoms with Crippen LogP contribution in [0.2, 0.25) is 0 Å². The highest BCUT2D eigenvalue weighted by molar-refractivity contribution is 8.00. The third-order valence-corrected chi connectivity index (χ3v) is 5.09. The predicted molar refractivity (Wildman–Crippen MR) is 104 cm³/mol. The number of carbonyl (C=O) groups is 1. The summed E-state index contributed by atoms with van der Waals surface area (Å²) in [5, 5.41) is 7.92. The van der Waals surface area contributed by atoms with Gasteiger partial charge >= 0.3 is 0 Å². The van der Waals surface area contributed by atoms with Gasteiger partial charge in [0.25, 0.3) is 0 Å². The standard InChI is InChI=1S/C19H20FN5OS/c1-13(18(26)24(2)12-14-8-4-3-5-9-14)27-19-23-22-17(25(19)21)15-10-6-7-11-16(15)20/h3-11,13H,12,21H2,1-2H3. The Labute approximate surface area is 161 Å². The summed E-state index contributed by atoms with van der Waals surface area (Å²) in [6.45, 7) is 2.30. The van der Waals surface area contributed by atoms with E-state index in [-0.39, 0.29) is 17.3 Å². The number of hydrogen-bond acceptors (Lipinski definition) is 5. The predicted octanol–water partition coefficient (Wildman–Crippen LogP) is 2.94. The molecule has 0 saturated carbocycles. The van der Waals surface area contributed by atoms with Gasteiger partial charge in [0.2, 0.25) is 11.1 Å².